The summed E-state index contributed by atoms with van der Waals surface area (Å²) in [5.74, 6) is -0.270. The minimum atomic E-state index is -0.698. The Labute approximate surface area is 209 Å². The van der Waals surface area contributed by atoms with Crippen LogP contribution in [0.5, 0.6) is 5.88 Å². The zero-order valence-corrected chi connectivity index (χ0v) is 20.1. The zero-order chi connectivity index (χ0) is 24.8. The molecule has 3 saturated heterocycles. The molecule has 186 valence electrons. The van der Waals surface area contributed by atoms with Crippen LogP contribution < -0.4 is 15.0 Å². The van der Waals surface area contributed by atoms with E-state index in [1.165, 1.54) is 4.90 Å². The second kappa shape index (κ2) is 9.05. The van der Waals surface area contributed by atoms with E-state index >= 15 is 0 Å². The van der Waals surface area contributed by atoms with Crippen molar-refractivity contribution in [2.45, 2.75) is 43.9 Å². The minimum absolute atomic E-state index is 0.204. The van der Waals surface area contributed by atoms with Gasteiger partial charge in [0, 0.05) is 67.9 Å². The molecule has 0 saturated carbocycles. The molecule has 1 N–H and O–H groups in total. The number of likely N-dealkylation sites (tertiary alicyclic amines) is 1. The zero-order valence-electron chi connectivity index (χ0n) is 20.1. The van der Waals surface area contributed by atoms with Crippen LogP contribution in [0.15, 0.2) is 49.2 Å². The Hall–Kier alpha value is -3.72. The molecule has 0 bridgehead atoms. The molecule has 1 unspecified atom stereocenters. The number of carbonyl (C=O) groups is 3. The molecule has 1 atom stereocenters. The van der Waals surface area contributed by atoms with Gasteiger partial charge in [0.2, 0.25) is 17.7 Å². The standard InChI is InChI=1S/C27H29N5O4/c1-17-21-6-5-18(14-22(21)27(35)32(17)23-7-8-24(33)29-26(23)34)31-15-19(16-31)30-12-9-20(10-13-30)36-25-4-2-3-11-28-25/h2-6,11,14,19-20,23H,1,7-10,12-13,15-16H2,(H,29,33,34). The molecule has 2 aromatic rings. The summed E-state index contributed by atoms with van der Waals surface area (Å²) < 4.78 is 6.02. The van der Waals surface area contributed by atoms with E-state index in [4.69, 9.17) is 4.74 Å². The molecule has 5 heterocycles. The topological polar surface area (TPSA) is 95.1 Å². The maximum atomic E-state index is 13.2. The number of hydrogen-bond acceptors (Lipinski definition) is 7. The van der Waals surface area contributed by atoms with Crippen molar-refractivity contribution in [1.29, 1.82) is 0 Å². The first-order chi connectivity index (χ1) is 17.5. The van der Waals surface area contributed by atoms with Crippen LogP contribution >= 0.6 is 0 Å². The largest absolute Gasteiger partial charge is 0.474 e. The summed E-state index contributed by atoms with van der Waals surface area (Å²) in [4.78, 5) is 47.7. The Morgan fingerprint density at radius 3 is 2.53 bits per heavy atom. The number of imide groups is 1. The number of fused-ring (bicyclic) bond motifs is 1. The van der Waals surface area contributed by atoms with Gasteiger partial charge in [-0.2, -0.15) is 0 Å². The lowest BCUT2D eigenvalue weighted by molar-refractivity contribution is -0.136. The van der Waals surface area contributed by atoms with Gasteiger partial charge in [0.1, 0.15) is 12.1 Å². The van der Waals surface area contributed by atoms with Crippen molar-refractivity contribution in [1.82, 2.24) is 20.1 Å². The van der Waals surface area contributed by atoms with Crippen LogP contribution in [0, 0.1) is 0 Å². The lowest BCUT2D eigenvalue weighted by atomic mass is 9.99. The minimum Gasteiger partial charge on any atom is -0.474 e. The number of nitrogens with zero attached hydrogens (tertiary/aromatic N) is 4. The van der Waals surface area contributed by atoms with E-state index in [9.17, 15) is 14.4 Å². The SMILES string of the molecule is C=C1c2ccc(N3CC(N4CCC(Oc5ccccn5)CC4)C3)cc2C(=O)N1C1CCC(=O)NC1=O. The second-order valence-electron chi connectivity index (χ2n) is 9.90. The average molecular weight is 488 g/mol. The number of ether oxygens (including phenoxy) is 1. The number of nitrogens with one attached hydrogen (secondary N) is 1. The highest BCUT2D eigenvalue weighted by molar-refractivity contribution is 6.13. The van der Waals surface area contributed by atoms with Crippen LogP contribution in [0.2, 0.25) is 0 Å². The third-order valence-electron chi connectivity index (χ3n) is 7.72. The maximum Gasteiger partial charge on any atom is 0.259 e. The van der Waals surface area contributed by atoms with E-state index in [1.807, 2.05) is 36.4 Å². The molecule has 9 heteroatoms. The van der Waals surface area contributed by atoms with Crippen LogP contribution in [0.3, 0.4) is 0 Å². The first kappa shape index (κ1) is 22.7. The van der Waals surface area contributed by atoms with Crippen LogP contribution in [0.25, 0.3) is 5.70 Å². The van der Waals surface area contributed by atoms with Crippen molar-refractivity contribution < 1.29 is 19.1 Å². The predicted molar refractivity (Wildman–Crippen MR) is 133 cm³/mol. The number of pyridine rings is 1. The molecule has 36 heavy (non-hydrogen) atoms. The van der Waals surface area contributed by atoms with E-state index in [1.54, 1.807) is 6.20 Å². The molecule has 1 aromatic carbocycles. The number of benzene rings is 1. The number of piperidine rings is 2. The summed E-state index contributed by atoms with van der Waals surface area (Å²) >= 11 is 0. The first-order valence-electron chi connectivity index (χ1n) is 12.5. The van der Waals surface area contributed by atoms with Crippen molar-refractivity contribution in [3.05, 3.63) is 60.3 Å². The lowest BCUT2D eigenvalue weighted by Crippen LogP contribution is -2.61. The molecule has 0 aliphatic carbocycles. The van der Waals surface area contributed by atoms with E-state index in [-0.39, 0.29) is 24.3 Å². The quantitative estimate of drug-likeness (QED) is 0.645. The first-order valence-corrected chi connectivity index (χ1v) is 12.5. The summed E-state index contributed by atoms with van der Waals surface area (Å²) in [5, 5.41) is 2.34. The molecular formula is C27H29N5O4. The molecule has 1 aromatic heterocycles. The molecular weight excluding hydrogens is 458 g/mol. The van der Waals surface area contributed by atoms with Gasteiger partial charge in [-0.25, -0.2) is 4.98 Å². The van der Waals surface area contributed by atoms with E-state index in [2.05, 4.69) is 26.7 Å². The van der Waals surface area contributed by atoms with Gasteiger partial charge in [-0.05, 0) is 37.5 Å². The number of anilines is 1. The summed E-state index contributed by atoms with van der Waals surface area (Å²) in [6, 6.07) is 11.4. The highest BCUT2D eigenvalue weighted by Gasteiger charge is 2.42. The van der Waals surface area contributed by atoms with Crippen LogP contribution in [0.4, 0.5) is 5.69 Å². The third kappa shape index (κ3) is 4.03. The van der Waals surface area contributed by atoms with Gasteiger partial charge in [-0.1, -0.05) is 18.7 Å². The van der Waals surface area contributed by atoms with Gasteiger partial charge < -0.3 is 9.64 Å². The van der Waals surface area contributed by atoms with Gasteiger partial charge in [0.25, 0.3) is 5.91 Å². The predicted octanol–water partition coefficient (Wildman–Crippen LogP) is 2.05. The molecule has 0 spiro atoms. The highest BCUT2D eigenvalue weighted by atomic mass is 16.5. The fraction of sp³-hybridized carbons (Fsp3) is 0.407. The molecule has 6 rings (SSSR count). The summed E-state index contributed by atoms with van der Waals surface area (Å²) in [7, 11) is 0. The van der Waals surface area contributed by atoms with Crippen LogP contribution in [-0.4, -0.2) is 76.9 Å². The molecule has 0 radical (unpaired) electrons. The van der Waals surface area contributed by atoms with E-state index < -0.39 is 11.9 Å². The fourth-order valence-electron chi connectivity index (χ4n) is 5.64. The number of hydrogen-bond donors (Lipinski definition) is 1. The molecule has 4 aliphatic heterocycles. The molecule has 4 aliphatic rings. The normalized spacial score (nSPS) is 23.5. The molecule has 9 nitrogen and oxygen atoms in total. The monoisotopic (exact) mass is 487 g/mol. The van der Waals surface area contributed by atoms with Gasteiger partial charge >= 0.3 is 0 Å². The van der Waals surface area contributed by atoms with Crippen molar-refractivity contribution in [3.63, 3.8) is 0 Å². The van der Waals surface area contributed by atoms with Crippen molar-refractivity contribution in [3.8, 4) is 5.88 Å². The van der Waals surface area contributed by atoms with Crippen LogP contribution in [0.1, 0.15) is 41.6 Å². The average Bonchev–Trinajstić information content (AvgIpc) is 3.09. The lowest BCUT2D eigenvalue weighted by Gasteiger charge is -2.48. The maximum absolute atomic E-state index is 13.2. The number of carbonyl (C=O) groups excluding carboxylic acids is 3. The Morgan fingerprint density at radius 1 is 1.00 bits per heavy atom. The molecule has 3 fully saturated rings. The fourth-order valence-corrected chi connectivity index (χ4v) is 5.64. The van der Waals surface area contributed by atoms with Gasteiger partial charge in [-0.3, -0.25) is 29.5 Å². The Kier molecular flexibility index (Phi) is 5.72. The Morgan fingerprint density at radius 2 is 1.81 bits per heavy atom. The highest BCUT2D eigenvalue weighted by Crippen LogP contribution is 2.38. The van der Waals surface area contributed by atoms with Gasteiger partial charge in [0.05, 0.1) is 5.56 Å². The van der Waals surface area contributed by atoms with Gasteiger partial charge in [-0.15, -0.1) is 0 Å². The Bertz CT molecular complexity index is 1220. The summed E-state index contributed by atoms with van der Waals surface area (Å²) in [6.45, 7) is 7.90. The van der Waals surface area contributed by atoms with E-state index in [0.29, 0.717) is 29.6 Å². The number of rotatable bonds is 5. The van der Waals surface area contributed by atoms with Crippen molar-refractivity contribution in [2.75, 3.05) is 31.1 Å². The van der Waals surface area contributed by atoms with Crippen molar-refractivity contribution in [2.24, 2.45) is 0 Å². The van der Waals surface area contributed by atoms with Crippen LogP contribution in [-0.2, 0) is 9.59 Å². The van der Waals surface area contributed by atoms with Crippen molar-refractivity contribution >= 4 is 29.1 Å². The Balaban J connectivity index is 1.05. The molecule has 3 amide bonds. The third-order valence-corrected chi connectivity index (χ3v) is 7.72. The number of amides is 3. The number of aromatic nitrogens is 1. The second-order valence-corrected chi connectivity index (χ2v) is 9.90. The summed E-state index contributed by atoms with van der Waals surface area (Å²) in [6.07, 6.45) is 4.46. The summed E-state index contributed by atoms with van der Waals surface area (Å²) in [5.41, 5.74) is 2.84. The van der Waals surface area contributed by atoms with Gasteiger partial charge in [0.15, 0.2) is 0 Å². The van der Waals surface area contributed by atoms with E-state index in [0.717, 1.165) is 50.3 Å². The smallest absolute Gasteiger partial charge is 0.259 e.